The minimum absolute atomic E-state index is 0. The maximum Gasteiger partial charge on any atom is 0.387 e. The van der Waals surface area contributed by atoms with Crippen LogP contribution >= 0.6 is 24.0 Å². The van der Waals surface area contributed by atoms with Gasteiger partial charge in [0, 0.05) is 37.7 Å². The molecular formula is C20H31F2IN4O2. The van der Waals surface area contributed by atoms with Crippen LogP contribution in [0.3, 0.4) is 0 Å². The Kier molecular flexibility index (Phi) is 11.9. The Bertz CT molecular complexity index is 661. The number of nitrogens with zero attached hydrogens (tertiary/aromatic N) is 2. The molecule has 9 heteroatoms. The Morgan fingerprint density at radius 3 is 2.76 bits per heavy atom. The van der Waals surface area contributed by atoms with Crippen molar-refractivity contribution in [1.82, 2.24) is 15.5 Å². The zero-order valence-electron chi connectivity index (χ0n) is 17.0. The Morgan fingerprint density at radius 2 is 2.07 bits per heavy atom. The van der Waals surface area contributed by atoms with Crippen LogP contribution in [0, 0.1) is 0 Å². The number of benzene rings is 1. The van der Waals surface area contributed by atoms with Gasteiger partial charge >= 0.3 is 6.61 Å². The van der Waals surface area contributed by atoms with Crippen molar-refractivity contribution in [2.24, 2.45) is 4.99 Å². The average molecular weight is 524 g/mol. The number of aliphatic imine (C=N–C) groups is 1. The maximum atomic E-state index is 12.5. The molecule has 1 aliphatic heterocycles. The van der Waals surface area contributed by atoms with E-state index in [9.17, 15) is 13.6 Å². The molecule has 1 fully saturated rings. The van der Waals surface area contributed by atoms with Crippen molar-refractivity contribution in [2.75, 3.05) is 19.6 Å². The molecule has 1 aromatic rings. The number of nitrogens with one attached hydrogen (secondary N) is 2. The van der Waals surface area contributed by atoms with E-state index in [-0.39, 0.29) is 42.2 Å². The summed E-state index contributed by atoms with van der Waals surface area (Å²) in [5, 5.41) is 6.24. The quantitative estimate of drug-likeness (QED) is 0.309. The van der Waals surface area contributed by atoms with Gasteiger partial charge < -0.3 is 20.3 Å². The highest BCUT2D eigenvalue weighted by Gasteiger charge is 2.22. The summed E-state index contributed by atoms with van der Waals surface area (Å²) >= 11 is 0. The summed E-state index contributed by atoms with van der Waals surface area (Å²) in [4.78, 5) is 18.8. The van der Waals surface area contributed by atoms with E-state index < -0.39 is 6.61 Å². The summed E-state index contributed by atoms with van der Waals surface area (Å²) in [5.74, 6) is 0.798. The third kappa shape index (κ3) is 8.71. The highest BCUT2D eigenvalue weighted by molar-refractivity contribution is 14.0. The number of carbonyl (C=O) groups excluding carboxylic acids is 1. The standard InChI is InChI=1S/C20H30F2N4O2.HI/c1-3-23-20(24-12-11-18(27)26-13-7-6-8-15(26)2)25-14-16-9-4-5-10-17(16)28-19(21)22;/h4-5,9-10,15,19H,3,6-8,11-14H2,1-2H3,(H2,23,24,25);1H. The lowest BCUT2D eigenvalue weighted by atomic mass is 10.0. The Morgan fingerprint density at radius 1 is 1.31 bits per heavy atom. The molecule has 6 nitrogen and oxygen atoms in total. The second-order valence-corrected chi connectivity index (χ2v) is 6.79. The second-order valence-electron chi connectivity index (χ2n) is 6.79. The highest BCUT2D eigenvalue weighted by Crippen LogP contribution is 2.21. The first-order valence-electron chi connectivity index (χ1n) is 9.85. The third-order valence-electron chi connectivity index (χ3n) is 4.70. The van der Waals surface area contributed by atoms with Crippen molar-refractivity contribution in [3.8, 4) is 5.75 Å². The zero-order chi connectivity index (χ0) is 20.4. The molecule has 0 saturated carbocycles. The highest BCUT2D eigenvalue weighted by atomic mass is 127. The van der Waals surface area contributed by atoms with Gasteiger partial charge in [0.1, 0.15) is 5.75 Å². The molecule has 0 aliphatic carbocycles. The van der Waals surface area contributed by atoms with E-state index in [0.717, 1.165) is 19.4 Å². The number of rotatable bonds is 8. The fourth-order valence-electron chi connectivity index (χ4n) is 3.25. The van der Waals surface area contributed by atoms with Crippen molar-refractivity contribution in [3.05, 3.63) is 29.8 Å². The fourth-order valence-corrected chi connectivity index (χ4v) is 3.25. The lowest BCUT2D eigenvalue weighted by Crippen LogP contribution is -2.44. The monoisotopic (exact) mass is 524 g/mol. The van der Waals surface area contributed by atoms with E-state index in [4.69, 9.17) is 0 Å². The van der Waals surface area contributed by atoms with E-state index >= 15 is 0 Å². The molecule has 1 amide bonds. The van der Waals surface area contributed by atoms with Gasteiger partial charge in [-0.3, -0.25) is 4.79 Å². The summed E-state index contributed by atoms with van der Waals surface area (Å²) in [6.45, 7) is 3.28. The lowest BCUT2D eigenvalue weighted by molar-refractivity contribution is -0.134. The second kappa shape index (κ2) is 13.6. The number of halogens is 3. The molecular weight excluding hydrogens is 493 g/mol. The number of ether oxygens (including phenoxy) is 1. The predicted molar refractivity (Wildman–Crippen MR) is 121 cm³/mol. The van der Waals surface area contributed by atoms with Crippen LogP contribution in [0.25, 0.3) is 0 Å². The summed E-state index contributed by atoms with van der Waals surface area (Å²) < 4.78 is 29.6. The molecule has 0 bridgehead atoms. The molecule has 1 unspecified atom stereocenters. The molecule has 1 aromatic carbocycles. The number of carbonyl (C=O) groups is 1. The fraction of sp³-hybridized carbons (Fsp3) is 0.600. The summed E-state index contributed by atoms with van der Waals surface area (Å²) in [6, 6.07) is 6.89. The number of guanidine groups is 1. The zero-order valence-corrected chi connectivity index (χ0v) is 19.3. The molecule has 29 heavy (non-hydrogen) atoms. The van der Waals surface area contributed by atoms with Crippen molar-refractivity contribution in [3.63, 3.8) is 0 Å². The van der Waals surface area contributed by atoms with Crippen LogP contribution in [-0.4, -0.2) is 49.1 Å². The van der Waals surface area contributed by atoms with Crippen LogP contribution in [-0.2, 0) is 11.3 Å². The van der Waals surface area contributed by atoms with E-state index in [1.54, 1.807) is 18.2 Å². The summed E-state index contributed by atoms with van der Waals surface area (Å²) in [5.41, 5.74) is 0.568. The first-order chi connectivity index (χ1) is 13.5. The number of piperidine rings is 1. The van der Waals surface area contributed by atoms with Crippen LogP contribution in [0.5, 0.6) is 5.75 Å². The van der Waals surface area contributed by atoms with Crippen LogP contribution < -0.4 is 15.4 Å². The lowest BCUT2D eigenvalue weighted by Gasteiger charge is -2.33. The van der Waals surface area contributed by atoms with Crippen LogP contribution in [0.4, 0.5) is 8.78 Å². The predicted octanol–water partition coefficient (Wildman–Crippen LogP) is 3.75. The van der Waals surface area contributed by atoms with Gasteiger partial charge in [-0.15, -0.1) is 24.0 Å². The average Bonchev–Trinajstić information content (AvgIpc) is 2.67. The molecule has 0 spiro atoms. The topological polar surface area (TPSA) is 66.0 Å². The van der Waals surface area contributed by atoms with Gasteiger partial charge in [-0.1, -0.05) is 18.2 Å². The third-order valence-corrected chi connectivity index (χ3v) is 4.70. The van der Waals surface area contributed by atoms with Gasteiger partial charge in [0.05, 0.1) is 6.54 Å². The Balaban J connectivity index is 0.00000420. The minimum Gasteiger partial charge on any atom is -0.434 e. The van der Waals surface area contributed by atoms with Crippen LogP contribution in [0.2, 0.25) is 0 Å². The largest absolute Gasteiger partial charge is 0.434 e. The number of hydrogen-bond acceptors (Lipinski definition) is 3. The molecule has 2 rings (SSSR count). The van der Waals surface area contributed by atoms with E-state index in [2.05, 4.69) is 27.3 Å². The van der Waals surface area contributed by atoms with Crippen molar-refractivity contribution in [2.45, 2.75) is 58.7 Å². The van der Waals surface area contributed by atoms with Gasteiger partial charge in [0.2, 0.25) is 5.91 Å². The summed E-state index contributed by atoms with van der Waals surface area (Å²) in [7, 11) is 0. The first-order valence-corrected chi connectivity index (χ1v) is 9.85. The maximum absolute atomic E-state index is 12.5. The van der Waals surface area contributed by atoms with Gasteiger partial charge in [-0.2, -0.15) is 8.78 Å². The number of likely N-dealkylation sites (tertiary alicyclic amines) is 1. The van der Waals surface area contributed by atoms with E-state index in [1.165, 1.54) is 12.5 Å². The molecule has 164 valence electrons. The first kappa shape index (κ1) is 25.4. The number of para-hydroxylation sites is 1. The molecule has 1 atom stereocenters. The molecule has 0 aromatic heterocycles. The van der Waals surface area contributed by atoms with Gasteiger partial charge in [-0.05, 0) is 39.2 Å². The van der Waals surface area contributed by atoms with Crippen molar-refractivity contribution in [1.29, 1.82) is 0 Å². The SMILES string of the molecule is CCNC(=NCc1ccccc1OC(F)F)NCCC(=O)N1CCCCC1C.I. The van der Waals surface area contributed by atoms with Crippen molar-refractivity contribution < 1.29 is 18.3 Å². The Hall–Kier alpha value is -1.65. The van der Waals surface area contributed by atoms with E-state index in [0.29, 0.717) is 37.1 Å². The number of hydrogen-bond donors (Lipinski definition) is 2. The van der Waals surface area contributed by atoms with Gasteiger partial charge in [0.25, 0.3) is 0 Å². The summed E-state index contributed by atoms with van der Waals surface area (Å²) in [6.07, 6.45) is 3.69. The van der Waals surface area contributed by atoms with Gasteiger partial charge in [-0.25, -0.2) is 4.99 Å². The molecule has 1 heterocycles. The normalized spacial score (nSPS) is 16.9. The number of alkyl halides is 2. The van der Waals surface area contributed by atoms with Crippen LogP contribution in [0.15, 0.2) is 29.3 Å². The Labute approximate surface area is 188 Å². The minimum atomic E-state index is -2.88. The molecule has 0 radical (unpaired) electrons. The molecule has 1 saturated heterocycles. The van der Waals surface area contributed by atoms with Crippen molar-refractivity contribution >= 4 is 35.8 Å². The van der Waals surface area contributed by atoms with Gasteiger partial charge in [0.15, 0.2) is 5.96 Å². The smallest absolute Gasteiger partial charge is 0.387 e. The van der Waals surface area contributed by atoms with E-state index in [1.807, 2.05) is 11.8 Å². The molecule has 2 N–H and O–H groups in total. The molecule has 1 aliphatic rings. The number of amides is 1. The van der Waals surface area contributed by atoms with Crippen LogP contribution in [0.1, 0.15) is 45.1 Å².